The maximum Gasteiger partial charge on any atom is 0.165 e. The fourth-order valence-electron chi connectivity index (χ4n) is 2.31. The lowest BCUT2D eigenvalue weighted by atomic mass is 10.2. The van der Waals surface area contributed by atoms with Gasteiger partial charge in [0, 0.05) is 6.54 Å². The van der Waals surface area contributed by atoms with Gasteiger partial charge in [0.05, 0.1) is 0 Å². The molecule has 0 amide bonds. The van der Waals surface area contributed by atoms with Crippen molar-refractivity contribution in [3.63, 3.8) is 0 Å². The molecule has 0 aliphatic heterocycles. The number of phenolic OH excluding ortho intramolecular Hbond substituents is 1. The SMILES string of the molecule is CCN(CC)CCCN(CC)Cc1ccc(O)c(F)c1. The quantitative estimate of drug-likeness (QED) is 0.754. The van der Waals surface area contributed by atoms with Crippen LogP contribution in [0.2, 0.25) is 0 Å². The van der Waals surface area contributed by atoms with E-state index in [-0.39, 0.29) is 5.75 Å². The first-order valence-corrected chi connectivity index (χ1v) is 7.52. The molecule has 3 nitrogen and oxygen atoms in total. The molecule has 0 fully saturated rings. The summed E-state index contributed by atoms with van der Waals surface area (Å²) in [6.45, 7) is 12.4. The topological polar surface area (TPSA) is 26.7 Å². The van der Waals surface area contributed by atoms with Gasteiger partial charge in [0.1, 0.15) is 0 Å². The highest BCUT2D eigenvalue weighted by atomic mass is 19.1. The minimum absolute atomic E-state index is 0.279. The predicted molar refractivity (Wildman–Crippen MR) is 81.4 cm³/mol. The van der Waals surface area contributed by atoms with Crippen LogP contribution < -0.4 is 0 Å². The van der Waals surface area contributed by atoms with Gasteiger partial charge >= 0.3 is 0 Å². The van der Waals surface area contributed by atoms with Crippen molar-refractivity contribution in [2.24, 2.45) is 0 Å². The van der Waals surface area contributed by atoms with Crippen LogP contribution >= 0.6 is 0 Å². The molecule has 0 spiro atoms. The summed E-state index contributed by atoms with van der Waals surface area (Å²) in [5, 5.41) is 9.20. The lowest BCUT2D eigenvalue weighted by Gasteiger charge is -2.23. The Bertz CT molecular complexity index is 394. The zero-order chi connectivity index (χ0) is 15.0. The van der Waals surface area contributed by atoms with E-state index in [2.05, 4.69) is 30.6 Å². The van der Waals surface area contributed by atoms with Gasteiger partial charge in [-0.25, -0.2) is 4.39 Å². The maximum atomic E-state index is 13.3. The molecule has 0 saturated heterocycles. The summed E-state index contributed by atoms with van der Waals surface area (Å²) in [7, 11) is 0. The summed E-state index contributed by atoms with van der Waals surface area (Å²) in [5.74, 6) is -0.819. The van der Waals surface area contributed by atoms with E-state index in [1.807, 2.05) is 0 Å². The molecule has 4 heteroatoms. The molecule has 1 aromatic rings. The molecule has 1 aromatic carbocycles. The van der Waals surface area contributed by atoms with Crippen molar-refractivity contribution in [3.8, 4) is 5.75 Å². The third-order valence-electron chi connectivity index (χ3n) is 3.71. The summed E-state index contributed by atoms with van der Waals surface area (Å²) in [6, 6.07) is 4.63. The smallest absolute Gasteiger partial charge is 0.165 e. The Labute approximate surface area is 122 Å². The normalized spacial score (nSPS) is 11.5. The average molecular weight is 282 g/mol. The van der Waals surface area contributed by atoms with Crippen LogP contribution in [-0.4, -0.2) is 47.6 Å². The van der Waals surface area contributed by atoms with Crippen molar-refractivity contribution in [1.82, 2.24) is 9.80 Å². The lowest BCUT2D eigenvalue weighted by Crippen LogP contribution is -2.29. The Balaban J connectivity index is 2.44. The van der Waals surface area contributed by atoms with Crippen LogP contribution in [0.5, 0.6) is 5.75 Å². The van der Waals surface area contributed by atoms with Gasteiger partial charge < -0.3 is 10.0 Å². The number of nitrogens with zero attached hydrogens (tertiary/aromatic N) is 2. The van der Waals surface area contributed by atoms with E-state index in [1.165, 1.54) is 12.1 Å². The summed E-state index contributed by atoms with van der Waals surface area (Å²) < 4.78 is 13.3. The minimum Gasteiger partial charge on any atom is -0.505 e. The van der Waals surface area contributed by atoms with Gasteiger partial charge in [0.25, 0.3) is 0 Å². The van der Waals surface area contributed by atoms with Crippen LogP contribution in [0.15, 0.2) is 18.2 Å². The molecule has 0 aliphatic rings. The molecule has 0 aliphatic carbocycles. The fraction of sp³-hybridized carbons (Fsp3) is 0.625. The van der Waals surface area contributed by atoms with E-state index in [1.54, 1.807) is 6.07 Å². The molecule has 0 heterocycles. The summed E-state index contributed by atoms with van der Waals surface area (Å²) in [6.07, 6.45) is 1.12. The molecule has 0 unspecified atom stereocenters. The van der Waals surface area contributed by atoms with Crippen LogP contribution in [0.3, 0.4) is 0 Å². The minimum atomic E-state index is -0.540. The van der Waals surface area contributed by atoms with Gasteiger partial charge in [0.15, 0.2) is 11.6 Å². The monoisotopic (exact) mass is 282 g/mol. The average Bonchev–Trinajstić information content (AvgIpc) is 2.46. The molecule has 20 heavy (non-hydrogen) atoms. The third kappa shape index (κ3) is 5.47. The Morgan fingerprint density at radius 1 is 1.00 bits per heavy atom. The van der Waals surface area contributed by atoms with Crippen LogP contribution in [-0.2, 0) is 6.54 Å². The number of phenols is 1. The van der Waals surface area contributed by atoms with Gasteiger partial charge in [-0.15, -0.1) is 0 Å². The van der Waals surface area contributed by atoms with Crippen molar-refractivity contribution >= 4 is 0 Å². The Morgan fingerprint density at radius 3 is 2.15 bits per heavy atom. The van der Waals surface area contributed by atoms with E-state index in [0.717, 1.165) is 51.3 Å². The van der Waals surface area contributed by atoms with Crippen molar-refractivity contribution in [2.45, 2.75) is 33.7 Å². The number of benzene rings is 1. The first-order chi connectivity index (χ1) is 9.60. The van der Waals surface area contributed by atoms with Gasteiger partial charge in [-0.05, 0) is 56.8 Å². The second-order valence-corrected chi connectivity index (χ2v) is 5.03. The van der Waals surface area contributed by atoms with Gasteiger partial charge in [-0.1, -0.05) is 26.8 Å². The highest BCUT2D eigenvalue weighted by Crippen LogP contribution is 2.17. The van der Waals surface area contributed by atoms with Crippen LogP contribution in [0.4, 0.5) is 4.39 Å². The largest absolute Gasteiger partial charge is 0.505 e. The van der Waals surface area contributed by atoms with Gasteiger partial charge in [-0.3, -0.25) is 4.90 Å². The van der Waals surface area contributed by atoms with Crippen molar-refractivity contribution in [1.29, 1.82) is 0 Å². The number of halogens is 1. The molecule has 1 rings (SSSR count). The van der Waals surface area contributed by atoms with Gasteiger partial charge in [-0.2, -0.15) is 0 Å². The Hall–Kier alpha value is -1.13. The van der Waals surface area contributed by atoms with E-state index in [9.17, 15) is 9.50 Å². The summed E-state index contributed by atoms with van der Waals surface area (Å²) in [4.78, 5) is 4.71. The maximum absolute atomic E-state index is 13.3. The molecule has 0 aromatic heterocycles. The standard InChI is InChI=1S/C16H27FN2O/c1-4-18(5-2)10-7-11-19(6-3)13-14-8-9-16(20)15(17)12-14/h8-9,12,20H,4-7,10-11,13H2,1-3H3. The predicted octanol–water partition coefficient (Wildman–Crippen LogP) is 3.09. The third-order valence-corrected chi connectivity index (χ3v) is 3.71. The Kier molecular flexibility index (Phi) is 7.55. The molecule has 0 radical (unpaired) electrons. The summed E-state index contributed by atoms with van der Waals surface area (Å²) in [5.41, 5.74) is 0.907. The van der Waals surface area contributed by atoms with Crippen LogP contribution in [0, 0.1) is 5.82 Å². The molecule has 0 bridgehead atoms. The van der Waals surface area contributed by atoms with E-state index in [4.69, 9.17) is 0 Å². The molecule has 0 saturated carbocycles. The van der Waals surface area contributed by atoms with Crippen molar-refractivity contribution in [2.75, 3.05) is 32.7 Å². The van der Waals surface area contributed by atoms with Crippen molar-refractivity contribution < 1.29 is 9.50 Å². The molecular weight excluding hydrogens is 255 g/mol. The highest BCUT2D eigenvalue weighted by molar-refractivity contribution is 5.27. The Morgan fingerprint density at radius 2 is 1.60 bits per heavy atom. The van der Waals surface area contributed by atoms with Crippen LogP contribution in [0.25, 0.3) is 0 Å². The van der Waals surface area contributed by atoms with Crippen molar-refractivity contribution in [3.05, 3.63) is 29.6 Å². The zero-order valence-corrected chi connectivity index (χ0v) is 12.9. The highest BCUT2D eigenvalue weighted by Gasteiger charge is 2.07. The molecule has 114 valence electrons. The second-order valence-electron chi connectivity index (χ2n) is 5.03. The fourth-order valence-corrected chi connectivity index (χ4v) is 2.31. The van der Waals surface area contributed by atoms with Gasteiger partial charge in [0.2, 0.25) is 0 Å². The number of hydrogen-bond acceptors (Lipinski definition) is 3. The first-order valence-electron chi connectivity index (χ1n) is 7.52. The number of rotatable bonds is 9. The van der Waals surface area contributed by atoms with Crippen LogP contribution in [0.1, 0.15) is 32.8 Å². The molecular formula is C16H27FN2O. The van der Waals surface area contributed by atoms with E-state index in [0.29, 0.717) is 0 Å². The van der Waals surface area contributed by atoms with E-state index < -0.39 is 5.82 Å². The number of hydrogen-bond donors (Lipinski definition) is 1. The van der Waals surface area contributed by atoms with E-state index >= 15 is 0 Å². The first kappa shape index (κ1) is 16.9. The molecule has 1 N–H and O–H groups in total. The second kappa shape index (κ2) is 8.93. The zero-order valence-electron chi connectivity index (χ0n) is 12.9. The molecule has 0 atom stereocenters. The number of aromatic hydroxyl groups is 1. The summed E-state index contributed by atoms with van der Waals surface area (Å²) >= 11 is 0. The lowest BCUT2D eigenvalue weighted by molar-refractivity contribution is 0.238.